The highest BCUT2D eigenvalue weighted by molar-refractivity contribution is 7.99. The molecular formula is C20H18N2O4S. The Bertz CT molecular complexity index is 1030. The summed E-state index contributed by atoms with van der Waals surface area (Å²) >= 11 is 1.19. The number of hydrogen-bond donors (Lipinski definition) is 0. The van der Waals surface area contributed by atoms with Crippen molar-refractivity contribution < 1.29 is 14.3 Å². The van der Waals surface area contributed by atoms with Crippen molar-refractivity contribution in [2.45, 2.75) is 18.1 Å². The van der Waals surface area contributed by atoms with Gasteiger partial charge in [-0.3, -0.25) is 19.0 Å². The Kier molecular flexibility index (Phi) is 6.03. The van der Waals surface area contributed by atoms with Gasteiger partial charge in [-0.15, -0.1) is 0 Å². The number of rotatable bonds is 7. The second-order valence-electron chi connectivity index (χ2n) is 5.77. The zero-order chi connectivity index (χ0) is 19.2. The Morgan fingerprint density at radius 2 is 1.78 bits per heavy atom. The number of esters is 1. The van der Waals surface area contributed by atoms with Gasteiger partial charge in [0.05, 0.1) is 30.2 Å². The summed E-state index contributed by atoms with van der Waals surface area (Å²) in [6, 6.07) is 16.0. The van der Waals surface area contributed by atoms with Crippen LogP contribution in [0.15, 0.2) is 64.5 Å². The minimum absolute atomic E-state index is 0.0522. The van der Waals surface area contributed by atoms with Gasteiger partial charge in [0, 0.05) is 12.1 Å². The topological polar surface area (TPSA) is 78.3 Å². The van der Waals surface area contributed by atoms with Gasteiger partial charge in [0.25, 0.3) is 5.56 Å². The molecule has 1 aromatic heterocycles. The quantitative estimate of drug-likeness (QED) is 0.271. The number of para-hydroxylation sites is 1. The number of carbonyl (C=O) groups excluding carboxylic acids is 2. The fourth-order valence-electron chi connectivity index (χ4n) is 2.60. The van der Waals surface area contributed by atoms with Crippen molar-refractivity contribution in [2.24, 2.45) is 0 Å². The molecule has 7 heteroatoms. The molecule has 0 fully saturated rings. The van der Waals surface area contributed by atoms with Crippen LogP contribution in [0.2, 0.25) is 0 Å². The van der Waals surface area contributed by atoms with E-state index in [9.17, 15) is 14.4 Å². The molecule has 0 saturated carbocycles. The maximum Gasteiger partial charge on any atom is 0.307 e. The molecule has 0 unspecified atom stereocenters. The molecule has 0 aliphatic carbocycles. The van der Waals surface area contributed by atoms with Gasteiger partial charge in [0.15, 0.2) is 10.9 Å². The van der Waals surface area contributed by atoms with Gasteiger partial charge in [0.2, 0.25) is 0 Å². The lowest BCUT2D eigenvalue weighted by molar-refractivity contribution is -0.140. The lowest BCUT2D eigenvalue weighted by Crippen LogP contribution is -2.25. The largest absolute Gasteiger partial charge is 0.469 e. The highest BCUT2D eigenvalue weighted by atomic mass is 32.2. The van der Waals surface area contributed by atoms with E-state index in [0.717, 1.165) is 0 Å². The minimum Gasteiger partial charge on any atom is -0.469 e. The van der Waals surface area contributed by atoms with Crippen molar-refractivity contribution in [2.75, 3.05) is 12.9 Å². The van der Waals surface area contributed by atoms with E-state index in [2.05, 4.69) is 9.72 Å². The molecular weight excluding hydrogens is 364 g/mol. The third-order valence-electron chi connectivity index (χ3n) is 4.02. The van der Waals surface area contributed by atoms with Crippen LogP contribution in [0.4, 0.5) is 0 Å². The van der Waals surface area contributed by atoms with Crippen LogP contribution < -0.4 is 5.56 Å². The summed E-state index contributed by atoms with van der Waals surface area (Å²) in [6.07, 6.45) is 0.0522. The van der Waals surface area contributed by atoms with Gasteiger partial charge < -0.3 is 4.74 Å². The maximum absolute atomic E-state index is 12.8. The summed E-state index contributed by atoms with van der Waals surface area (Å²) in [6.45, 7) is 0.144. The summed E-state index contributed by atoms with van der Waals surface area (Å²) in [4.78, 5) is 41.2. The number of carbonyl (C=O) groups is 2. The Morgan fingerprint density at radius 1 is 1.07 bits per heavy atom. The summed E-state index contributed by atoms with van der Waals surface area (Å²) in [5.41, 5.74) is 0.930. The predicted molar refractivity (Wildman–Crippen MR) is 104 cm³/mol. The first kappa shape index (κ1) is 18.8. The maximum atomic E-state index is 12.8. The van der Waals surface area contributed by atoms with Crippen LogP contribution in [0.1, 0.15) is 16.8 Å². The molecule has 138 valence electrons. The van der Waals surface area contributed by atoms with Gasteiger partial charge in [-0.25, -0.2) is 4.98 Å². The lowest BCUT2D eigenvalue weighted by atomic mass is 10.2. The summed E-state index contributed by atoms with van der Waals surface area (Å²) in [5.74, 6) is -0.318. The Morgan fingerprint density at radius 3 is 2.52 bits per heavy atom. The second kappa shape index (κ2) is 8.64. The minimum atomic E-state index is -0.411. The molecule has 3 rings (SSSR count). The standard InChI is InChI=1S/C20H18N2O4S/c1-26-18(24)11-12-22-19(25)15-9-5-6-10-16(15)21-20(22)27-13-17(23)14-7-3-2-4-8-14/h2-10H,11-13H2,1H3. The second-order valence-corrected chi connectivity index (χ2v) is 6.71. The number of benzene rings is 2. The predicted octanol–water partition coefficient (Wildman–Crippen LogP) is 2.93. The fraction of sp³-hybridized carbons (Fsp3) is 0.200. The van der Waals surface area contributed by atoms with E-state index in [4.69, 9.17) is 0 Å². The number of nitrogens with zero attached hydrogens (tertiary/aromatic N) is 2. The number of ketones is 1. The van der Waals surface area contributed by atoms with Crippen molar-refractivity contribution >= 4 is 34.4 Å². The van der Waals surface area contributed by atoms with Gasteiger partial charge in [0.1, 0.15) is 0 Å². The molecule has 0 radical (unpaired) electrons. The van der Waals surface area contributed by atoms with Crippen LogP contribution in [0.25, 0.3) is 10.9 Å². The molecule has 0 N–H and O–H groups in total. The van der Waals surface area contributed by atoms with E-state index in [1.54, 1.807) is 48.5 Å². The number of ether oxygens (including phenoxy) is 1. The van der Waals surface area contributed by atoms with Crippen molar-refractivity contribution in [3.63, 3.8) is 0 Å². The zero-order valence-electron chi connectivity index (χ0n) is 14.8. The molecule has 0 amide bonds. The Balaban J connectivity index is 1.91. The third-order valence-corrected chi connectivity index (χ3v) is 5.00. The average molecular weight is 382 g/mol. The normalized spacial score (nSPS) is 10.7. The van der Waals surface area contributed by atoms with Crippen LogP contribution in [0, 0.1) is 0 Å². The van der Waals surface area contributed by atoms with Gasteiger partial charge >= 0.3 is 5.97 Å². The van der Waals surface area contributed by atoms with E-state index >= 15 is 0 Å². The van der Waals surface area contributed by atoms with Crippen molar-refractivity contribution in [3.8, 4) is 0 Å². The number of Topliss-reactive ketones (excluding diaryl/α,β-unsaturated/α-hetero) is 1. The highest BCUT2D eigenvalue weighted by Gasteiger charge is 2.15. The zero-order valence-corrected chi connectivity index (χ0v) is 15.6. The first-order chi connectivity index (χ1) is 13.1. The molecule has 1 heterocycles. The van der Waals surface area contributed by atoms with Crippen LogP contribution in [0.3, 0.4) is 0 Å². The SMILES string of the molecule is COC(=O)CCn1c(SCC(=O)c2ccccc2)nc2ccccc2c1=O. The average Bonchev–Trinajstić information content (AvgIpc) is 2.71. The van der Waals surface area contributed by atoms with Gasteiger partial charge in [-0.05, 0) is 12.1 Å². The third kappa shape index (κ3) is 4.43. The van der Waals surface area contributed by atoms with E-state index in [-0.39, 0.29) is 30.1 Å². The van der Waals surface area contributed by atoms with Gasteiger partial charge in [-0.1, -0.05) is 54.2 Å². The molecule has 3 aromatic rings. The molecule has 0 atom stereocenters. The first-order valence-corrected chi connectivity index (χ1v) is 9.36. The fourth-order valence-corrected chi connectivity index (χ4v) is 3.52. The van der Waals surface area contributed by atoms with E-state index in [1.807, 2.05) is 6.07 Å². The highest BCUT2D eigenvalue weighted by Crippen LogP contribution is 2.19. The van der Waals surface area contributed by atoms with E-state index in [1.165, 1.54) is 23.4 Å². The van der Waals surface area contributed by atoms with Crippen LogP contribution >= 0.6 is 11.8 Å². The summed E-state index contributed by atoms with van der Waals surface area (Å²) in [5, 5.41) is 0.882. The molecule has 6 nitrogen and oxygen atoms in total. The van der Waals surface area contributed by atoms with E-state index < -0.39 is 5.97 Å². The molecule has 2 aromatic carbocycles. The molecule has 0 aliphatic heterocycles. The number of thioether (sulfide) groups is 1. The molecule has 0 aliphatic rings. The number of fused-ring (bicyclic) bond motifs is 1. The lowest BCUT2D eigenvalue weighted by Gasteiger charge is -2.12. The Labute approximate surface area is 160 Å². The van der Waals surface area contributed by atoms with Gasteiger partial charge in [-0.2, -0.15) is 0 Å². The molecule has 27 heavy (non-hydrogen) atoms. The van der Waals surface area contributed by atoms with E-state index in [0.29, 0.717) is 21.6 Å². The smallest absolute Gasteiger partial charge is 0.307 e. The monoisotopic (exact) mass is 382 g/mol. The Hall–Kier alpha value is -2.93. The number of hydrogen-bond acceptors (Lipinski definition) is 6. The number of aromatic nitrogens is 2. The van der Waals surface area contributed by atoms with Crippen LogP contribution in [-0.2, 0) is 16.1 Å². The molecule has 0 spiro atoms. The van der Waals surface area contributed by atoms with Crippen LogP contribution in [-0.4, -0.2) is 34.2 Å². The first-order valence-electron chi connectivity index (χ1n) is 8.37. The van der Waals surface area contributed by atoms with Crippen molar-refractivity contribution in [1.82, 2.24) is 9.55 Å². The molecule has 0 bridgehead atoms. The van der Waals surface area contributed by atoms with Crippen molar-refractivity contribution in [3.05, 3.63) is 70.5 Å². The summed E-state index contributed by atoms with van der Waals surface area (Å²) < 4.78 is 6.09. The molecule has 0 saturated heterocycles. The number of methoxy groups -OCH3 is 1. The summed E-state index contributed by atoms with van der Waals surface area (Å²) in [7, 11) is 1.30. The van der Waals surface area contributed by atoms with Crippen LogP contribution in [0.5, 0.6) is 0 Å². The van der Waals surface area contributed by atoms with Crippen molar-refractivity contribution in [1.29, 1.82) is 0 Å².